The van der Waals surface area contributed by atoms with Crippen LogP contribution in [0.5, 0.6) is 0 Å². The maximum atomic E-state index is 5.92. The van der Waals surface area contributed by atoms with Gasteiger partial charge in [0.1, 0.15) is 0 Å². The zero-order valence-corrected chi connectivity index (χ0v) is 9.33. The highest BCUT2D eigenvalue weighted by Crippen LogP contribution is 2.20. The molecule has 0 fully saturated rings. The van der Waals surface area contributed by atoms with E-state index in [9.17, 15) is 0 Å². The molecule has 2 nitrogen and oxygen atoms in total. The molecule has 0 aliphatic rings. The highest BCUT2D eigenvalue weighted by atomic mass is 35.5. The summed E-state index contributed by atoms with van der Waals surface area (Å²) in [6, 6.07) is 9.88. The van der Waals surface area contributed by atoms with Crippen LogP contribution < -0.4 is 5.73 Å². The van der Waals surface area contributed by atoms with Crippen LogP contribution in [-0.2, 0) is 6.54 Å². The van der Waals surface area contributed by atoms with Crippen molar-refractivity contribution < 1.29 is 0 Å². The van der Waals surface area contributed by atoms with Gasteiger partial charge in [0.2, 0.25) is 0 Å². The van der Waals surface area contributed by atoms with Gasteiger partial charge in [-0.05, 0) is 42.8 Å². The first-order chi connectivity index (χ1) is 7.22. The standard InChI is InChI=1S/C12H13ClN2/c1-9-7-10(13)4-5-12(9)15-6-2-3-11(15)8-14/h2-7H,8,14H2,1H3. The van der Waals surface area contributed by atoms with E-state index in [-0.39, 0.29) is 0 Å². The molecule has 0 atom stereocenters. The lowest BCUT2D eigenvalue weighted by molar-refractivity contribution is 0.906. The molecule has 0 aliphatic carbocycles. The maximum Gasteiger partial charge on any atom is 0.0483 e. The number of halogens is 1. The first-order valence-corrected chi connectivity index (χ1v) is 5.23. The SMILES string of the molecule is Cc1cc(Cl)ccc1-n1cccc1CN. The molecular formula is C12H13ClN2. The Morgan fingerprint density at radius 2 is 2.13 bits per heavy atom. The van der Waals surface area contributed by atoms with Gasteiger partial charge in [-0.25, -0.2) is 0 Å². The summed E-state index contributed by atoms with van der Waals surface area (Å²) in [5.41, 5.74) is 9.04. The Balaban J connectivity index is 2.54. The van der Waals surface area contributed by atoms with Crippen molar-refractivity contribution in [1.29, 1.82) is 0 Å². The number of hydrogen-bond acceptors (Lipinski definition) is 1. The molecule has 0 radical (unpaired) electrons. The molecule has 2 aromatic rings. The van der Waals surface area contributed by atoms with Crippen molar-refractivity contribution in [2.45, 2.75) is 13.5 Å². The van der Waals surface area contributed by atoms with E-state index >= 15 is 0 Å². The Hall–Kier alpha value is -1.25. The van der Waals surface area contributed by atoms with Crippen molar-refractivity contribution in [3.63, 3.8) is 0 Å². The van der Waals surface area contributed by atoms with Crippen LogP contribution in [0.1, 0.15) is 11.3 Å². The molecule has 3 heteroatoms. The maximum absolute atomic E-state index is 5.92. The van der Waals surface area contributed by atoms with Gasteiger partial charge >= 0.3 is 0 Å². The quantitative estimate of drug-likeness (QED) is 0.829. The number of benzene rings is 1. The summed E-state index contributed by atoms with van der Waals surface area (Å²) in [6.45, 7) is 2.58. The Morgan fingerprint density at radius 1 is 1.33 bits per heavy atom. The molecule has 1 aromatic heterocycles. The fourth-order valence-corrected chi connectivity index (χ4v) is 1.93. The van der Waals surface area contributed by atoms with Gasteiger partial charge in [-0.3, -0.25) is 0 Å². The van der Waals surface area contributed by atoms with Crippen LogP contribution in [-0.4, -0.2) is 4.57 Å². The van der Waals surface area contributed by atoms with Crippen molar-refractivity contribution in [1.82, 2.24) is 4.57 Å². The van der Waals surface area contributed by atoms with Crippen LogP contribution in [0.3, 0.4) is 0 Å². The minimum Gasteiger partial charge on any atom is -0.325 e. The summed E-state index contributed by atoms with van der Waals surface area (Å²) in [4.78, 5) is 0. The van der Waals surface area contributed by atoms with E-state index in [1.807, 2.05) is 43.5 Å². The number of rotatable bonds is 2. The lowest BCUT2D eigenvalue weighted by atomic mass is 10.2. The lowest BCUT2D eigenvalue weighted by Crippen LogP contribution is -2.05. The molecule has 1 heterocycles. The van der Waals surface area contributed by atoms with Crippen molar-refractivity contribution in [3.05, 3.63) is 52.8 Å². The second-order valence-corrected chi connectivity index (χ2v) is 3.94. The Kier molecular flexibility index (Phi) is 2.80. The van der Waals surface area contributed by atoms with E-state index in [1.165, 1.54) is 0 Å². The third-order valence-electron chi connectivity index (χ3n) is 2.46. The highest BCUT2D eigenvalue weighted by molar-refractivity contribution is 6.30. The lowest BCUT2D eigenvalue weighted by Gasteiger charge is -2.11. The number of aromatic nitrogens is 1. The fourth-order valence-electron chi connectivity index (χ4n) is 1.71. The normalized spacial score (nSPS) is 10.6. The molecule has 1 aromatic carbocycles. The van der Waals surface area contributed by atoms with Gasteiger partial charge < -0.3 is 10.3 Å². The van der Waals surface area contributed by atoms with Crippen LogP contribution in [0.15, 0.2) is 36.5 Å². The van der Waals surface area contributed by atoms with Crippen molar-refractivity contribution in [3.8, 4) is 5.69 Å². The van der Waals surface area contributed by atoms with E-state index in [2.05, 4.69) is 4.57 Å². The second-order valence-electron chi connectivity index (χ2n) is 3.50. The average Bonchev–Trinajstić information content (AvgIpc) is 2.65. The van der Waals surface area contributed by atoms with Crippen molar-refractivity contribution in [2.24, 2.45) is 5.73 Å². The van der Waals surface area contributed by atoms with E-state index < -0.39 is 0 Å². The Labute approximate surface area is 94.3 Å². The molecule has 0 bridgehead atoms. The van der Waals surface area contributed by atoms with Crippen LogP contribution in [0.2, 0.25) is 5.02 Å². The van der Waals surface area contributed by atoms with Gasteiger partial charge in [0.05, 0.1) is 0 Å². The van der Waals surface area contributed by atoms with Gasteiger partial charge in [-0.2, -0.15) is 0 Å². The average molecular weight is 221 g/mol. The first-order valence-electron chi connectivity index (χ1n) is 4.85. The molecule has 0 saturated heterocycles. The van der Waals surface area contributed by atoms with Crippen molar-refractivity contribution >= 4 is 11.6 Å². The predicted octanol–water partition coefficient (Wildman–Crippen LogP) is 2.90. The first kappa shape index (κ1) is 10.3. The van der Waals surface area contributed by atoms with Gasteiger partial charge in [0, 0.05) is 29.1 Å². The van der Waals surface area contributed by atoms with E-state index in [0.717, 1.165) is 22.0 Å². The van der Waals surface area contributed by atoms with E-state index in [4.69, 9.17) is 17.3 Å². The predicted molar refractivity (Wildman–Crippen MR) is 63.4 cm³/mol. The summed E-state index contributed by atoms with van der Waals surface area (Å²) in [6.07, 6.45) is 2.01. The topological polar surface area (TPSA) is 30.9 Å². The minimum atomic E-state index is 0.537. The number of nitrogens with two attached hydrogens (primary N) is 1. The van der Waals surface area contributed by atoms with Crippen LogP contribution >= 0.6 is 11.6 Å². The van der Waals surface area contributed by atoms with Crippen LogP contribution in [0, 0.1) is 6.92 Å². The number of aryl methyl sites for hydroxylation is 1. The largest absolute Gasteiger partial charge is 0.325 e. The molecule has 0 aliphatic heterocycles. The third kappa shape index (κ3) is 1.91. The smallest absolute Gasteiger partial charge is 0.0483 e. The van der Waals surface area contributed by atoms with Crippen molar-refractivity contribution in [2.75, 3.05) is 0 Å². The summed E-state index contributed by atoms with van der Waals surface area (Å²) >= 11 is 5.92. The zero-order valence-electron chi connectivity index (χ0n) is 8.57. The van der Waals surface area contributed by atoms with Crippen LogP contribution in [0.4, 0.5) is 0 Å². The molecular weight excluding hydrogens is 208 g/mol. The van der Waals surface area contributed by atoms with E-state index in [0.29, 0.717) is 6.54 Å². The number of nitrogens with zero attached hydrogens (tertiary/aromatic N) is 1. The molecule has 78 valence electrons. The van der Waals surface area contributed by atoms with Gasteiger partial charge in [0.15, 0.2) is 0 Å². The molecule has 2 rings (SSSR count). The minimum absolute atomic E-state index is 0.537. The molecule has 2 N–H and O–H groups in total. The molecule has 0 amide bonds. The fraction of sp³-hybridized carbons (Fsp3) is 0.167. The van der Waals surface area contributed by atoms with Gasteiger partial charge in [-0.15, -0.1) is 0 Å². The van der Waals surface area contributed by atoms with Crippen LogP contribution in [0.25, 0.3) is 5.69 Å². The Morgan fingerprint density at radius 3 is 2.80 bits per heavy atom. The van der Waals surface area contributed by atoms with E-state index in [1.54, 1.807) is 0 Å². The zero-order chi connectivity index (χ0) is 10.8. The number of hydrogen-bond donors (Lipinski definition) is 1. The summed E-state index contributed by atoms with van der Waals surface area (Å²) in [5, 5.41) is 0.762. The monoisotopic (exact) mass is 220 g/mol. The molecule has 0 unspecified atom stereocenters. The third-order valence-corrected chi connectivity index (χ3v) is 2.70. The summed E-state index contributed by atoms with van der Waals surface area (Å²) in [5.74, 6) is 0. The molecule has 0 spiro atoms. The summed E-state index contributed by atoms with van der Waals surface area (Å²) < 4.78 is 2.09. The van der Waals surface area contributed by atoms with Gasteiger partial charge in [-0.1, -0.05) is 11.6 Å². The summed E-state index contributed by atoms with van der Waals surface area (Å²) in [7, 11) is 0. The molecule has 0 saturated carbocycles. The van der Waals surface area contributed by atoms with Gasteiger partial charge in [0.25, 0.3) is 0 Å². The highest BCUT2D eigenvalue weighted by Gasteiger charge is 2.04. The molecule has 15 heavy (non-hydrogen) atoms. The Bertz CT molecular complexity index is 474. The second kappa shape index (κ2) is 4.09.